The molecule has 8 heteroatoms. The molecule has 0 radical (unpaired) electrons. The first-order valence-corrected chi connectivity index (χ1v) is 8.69. The Bertz CT molecular complexity index is 807. The van der Waals surface area contributed by atoms with Crippen LogP contribution in [-0.2, 0) is 12.3 Å². The van der Waals surface area contributed by atoms with Gasteiger partial charge >= 0.3 is 0 Å². The first-order chi connectivity index (χ1) is 11.2. The molecule has 1 aromatic carbocycles. The monoisotopic (exact) mass is 365 g/mol. The van der Waals surface area contributed by atoms with Gasteiger partial charge in [0.2, 0.25) is 0 Å². The molecule has 2 aromatic heterocycles. The second-order valence-electron chi connectivity index (χ2n) is 4.67. The molecule has 0 aliphatic carbocycles. The molecule has 0 N–H and O–H groups in total. The fraction of sp³-hybridized carbons (Fsp3) is 0.200. The second kappa shape index (κ2) is 7.29. The Hall–Kier alpha value is -1.63. The Morgan fingerprint density at radius 2 is 2.04 bits per heavy atom. The van der Waals surface area contributed by atoms with Crippen molar-refractivity contribution in [3.63, 3.8) is 0 Å². The first kappa shape index (κ1) is 16.2. The van der Waals surface area contributed by atoms with E-state index in [1.54, 1.807) is 36.4 Å². The number of halogens is 2. The van der Waals surface area contributed by atoms with Gasteiger partial charge in [0.1, 0.15) is 5.69 Å². The summed E-state index contributed by atoms with van der Waals surface area (Å²) in [6.07, 6.45) is 4.96. The number of aromatic nitrogens is 5. The molecule has 0 unspecified atom stereocenters. The minimum atomic E-state index is 0.630. The van der Waals surface area contributed by atoms with Crippen LogP contribution in [0.1, 0.15) is 12.5 Å². The molecule has 0 aliphatic rings. The van der Waals surface area contributed by atoms with Crippen LogP contribution in [0.5, 0.6) is 0 Å². The standard InChI is InChI=1S/C15H13Cl2N5S/c1-2-22-14(13-8-18-5-6-19-13)20-21-15(22)23-9-10-3-4-11(16)7-12(10)17/h3-8H,2,9H2,1H3. The summed E-state index contributed by atoms with van der Waals surface area (Å²) in [5.41, 5.74) is 1.71. The molecular weight excluding hydrogens is 353 g/mol. The summed E-state index contributed by atoms with van der Waals surface area (Å²) in [5.74, 6) is 1.40. The quantitative estimate of drug-likeness (QED) is 0.628. The van der Waals surface area contributed by atoms with Gasteiger partial charge in [-0.25, -0.2) is 4.98 Å². The van der Waals surface area contributed by atoms with Gasteiger partial charge in [0.15, 0.2) is 11.0 Å². The van der Waals surface area contributed by atoms with E-state index in [0.717, 1.165) is 17.3 Å². The third-order valence-corrected chi connectivity index (χ3v) is 4.80. The van der Waals surface area contributed by atoms with Crippen LogP contribution in [-0.4, -0.2) is 24.7 Å². The number of hydrogen-bond acceptors (Lipinski definition) is 5. The largest absolute Gasteiger partial charge is 0.301 e. The maximum absolute atomic E-state index is 6.21. The predicted octanol–water partition coefficient (Wildman–Crippen LogP) is 4.35. The summed E-state index contributed by atoms with van der Waals surface area (Å²) < 4.78 is 2.01. The van der Waals surface area contributed by atoms with Gasteiger partial charge in [-0.05, 0) is 24.6 Å². The van der Waals surface area contributed by atoms with Crippen LogP contribution < -0.4 is 0 Å². The van der Waals surface area contributed by atoms with Crippen LogP contribution in [0.15, 0.2) is 41.9 Å². The van der Waals surface area contributed by atoms with Gasteiger partial charge in [-0.15, -0.1) is 10.2 Å². The molecule has 0 atom stereocenters. The lowest BCUT2D eigenvalue weighted by Crippen LogP contribution is -2.01. The highest BCUT2D eigenvalue weighted by Crippen LogP contribution is 2.29. The highest BCUT2D eigenvalue weighted by molar-refractivity contribution is 7.98. The van der Waals surface area contributed by atoms with Crippen molar-refractivity contribution in [3.8, 4) is 11.5 Å². The summed E-state index contributed by atoms with van der Waals surface area (Å²) in [6.45, 7) is 2.79. The summed E-state index contributed by atoms with van der Waals surface area (Å²) in [5, 5.41) is 10.6. The van der Waals surface area contributed by atoms with E-state index in [0.29, 0.717) is 27.3 Å². The van der Waals surface area contributed by atoms with E-state index in [-0.39, 0.29) is 0 Å². The average Bonchev–Trinajstić information content (AvgIpc) is 2.98. The average molecular weight is 366 g/mol. The molecular formula is C15H13Cl2N5S. The smallest absolute Gasteiger partial charge is 0.191 e. The van der Waals surface area contributed by atoms with Crippen molar-refractivity contribution in [2.45, 2.75) is 24.4 Å². The predicted molar refractivity (Wildman–Crippen MR) is 92.7 cm³/mol. The fourth-order valence-corrected chi connectivity index (χ4v) is 3.63. The van der Waals surface area contributed by atoms with Crippen molar-refractivity contribution in [2.75, 3.05) is 0 Å². The zero-order valence-electron chi connectivity index (χ0n) is 12.3. The topological polar surface area (TPSA) is 56.5 Å². The Morgan fingerprint density at radius 3 is 2.74 bits per heavy atom. The van der Waals surface area contributed by atoms with Crippen molar-refractivity contribution in [3.05, 3.63) is 52.4 Å². The van der Waals surface area contributed by atoms with Crippen molar-refractivity contribution < 1.29 is 0 Å². The van der Waals surface area contributed by atoms with E-state index in [4.69, 9.17) is 23.2 Å². The molecule has 0 fully saturated rings. The molecule has 2 heterocycles. The van der Waals surface area contributed by atoms with E-state index in [1.165, 1.54) is 0 Å². The summed E-state index contributed by atoms with van der Waals surface area (Å²) >= 11 is 13.7. The molecule has 0 saturated carbocycles. The lowest BCUT2D eigenvalue weighted by Gasteiger charge is -2.07. The molecule has 0 spiro atoms. The van der Waals surface area contributed by atoms with Crippen LogP contribution in [0, 0.1) is 0 Å². The molecule has 3 aromatic rings. The summed E-state index contributed by atoms with van der Waals surface area (Å²) in [6, 6.07) is 5.50. The third-order valence-electron chi connectivity index (χ3n) is 3.20. The van der Waals surface area contributed by atoms with Gasteiger partial charge in [0, 0.05) is 34.7 Å². The molecule has 23 heavy (non-hydrogen) atoms. The van der Waals surface area contributed by atoms with Crippen molar-refractivity contribution in [2.24, 2.45) is 0 Å². The third kappa shape index (κ3) is 3.65. The van der Waals surface area contributed by atoms with Crippen LogP contribution in [0.2, 0.25) is 10.0 Å². The first-order valence-electron chi connectivity index (χ1n) is 6.95. The summed E-state index contributed by atoms with van der Waals surface area (Å²) in [7, 11) is 0. The maximum atomic E-state index is 6.21. The van der Waals surface area contributed by atoms with E-state index in [9.17, 15) is 0 Å². The highest BCUT2D eigenvalue weighted by atomic mass is 35.5. The maximum Gasteiger partial charge on any atom is 0.191 e. The Kier molecular flexibility index (Phi) is 5.15. The minimum Gasteiger partial charge on any atom is -0.301 e. The van der Waals surface area contributed by atoms with E-state index in [1.807, 2.05) is 23.6 Å². The Labute approximate surface area is 148 Å². The van der Waals surface area contributed by atoms with Crippen molar-refractivity contribution in [1.82, 2.24) is 24.7 Å². The van der Waals surface area contributed by atoms with Gasteiger partial charge in [-0.3, -0.25) is 4.98 Å². The number of hydrogen-bond donors (Lipinski definition) is 0. The molecule has 0 aliphatic heterocycles. The normalized spacial score (nSPS) is 10.9. The molecule has 118 valence electrons. The van der Waals surface area contributed by atoms with Gasteiger partial charge in [-0.2, -0.15) is 0 Å². The Balaban J connectivity index is 1.82. The minimum absolute atomic E-state index is 0.630. The number of nitrogens with zero attached hydrogens (tertiary/aromatic N) is 5. The molecule has 0 bridgehead atoms. The zero-order chi connectivity index (χ0) is 16.2. The van der Waals surface area contributed by atoms with E-state index < -0.39 is 0 Å². The lowest BCUT2D eigenvalue weighted by molar-refractivity contribution is 0.685. The molecule has 5 nitrogen and oxygen atoms in total. The van der Waals surface area contributed by atoms with Crippen LogP contribution in [0.3, 0.4) is 0 Å². The van der Waals surface area contributed by atoms with Crippen LogP contribution in [0.4, 0.5) is 0 Å². The number of benzene rings is 1. The SMILES string of the molecule is CCn1c(SCc2ccc(Cl)cc2Cl)nnc1-c1cnccn1. The molecule has 0 amide bonds. The molecule has 3 rings (SSSR count). The molecule has 0 saturated heterocycles. The van der Waals surface area contributed by atoms with Crippen LogP contribution in [0.25, 0.3) is 11.5 Å². The van der Waals surface area contributed by atoms with Crippen molar-refractivity contribution >= 4 is 35.0 Å². The van der Waals surface area contributed by atoms with Gasteiger partial charge < -0.3 is 4.57 Å². The number of rotatable bonds is 5. The fourth-order valence-electron chi connectivity index (χ4n) is 2.07. The van der Waals surface area contributed by atoms with E-state index in [2.05, 4.69) is 20.2 Å². The summed E-state index contributed by atoms with van der Waals surface area (Å²) in [4.78, 5) is 8.36. The highest BCUT2D eigenvalue weighted by Gasteiger charge is 2.14. The Morgan fingerprint density at radius 1 is 1.17 bits per heavy atom. The van der Waals surface area contributed by atoms with Gasteiger partial charge in [-0.1, -0.05) is 41.0 Å². The second-order valence-corrected chi connectivity index (χ2v) is 6.45. The zero-order valence-corrected chi connectivity index (χ0v) is 14.6. The van der Waals surface area contributed by atoms with Gasteiger partial charge in [0.25, 0.3) is 0 Å². The van der Waals surface area contributed by atoms with E-state index >= 15 is 0 Å². The van der Waals surface area contributed by atoms with Gasteiger partial charge in [0.05, 0.1) is 6.20 Å². The number of thioether (sulfide) groups is 1. The van der Waals surface area contributed by atoms with Crippen molar-refractivity contribution in [1.29, 1.82) is 0 Å². The lowest BCUT2D eigenvalue weighted by atomic mass is 10.2. The van der Waals surface area contributed by atoms with Crippen LogP contribution >= 0.6 is 35.0 Å².